The van der Waals surface area contributed by atoms with Crippen molar-refractivity contribution >= 4 is 11.6 Å². The van der Waals surface area contributed by atoms with E-state index in [1.54, 1.807) is 0 Å². The number of hydrogen-bond acceptors (Lipinski definition) is 3. The van der Waals surface area contributed by atoms with Gasteiger partial charge in [0.25, 0.3) is 0 Å². The van der Waals surface area contributed by atoms with Crippen molar-refractivity contribution in [3.8, 4) is 0 Å². The number of anilines is 1. The second-order valence-corrected chi connectivity index (χ2v) is 5.56. The molecule has 3 N–H and O–H groups in total. The molecule has 0 bridgehead atoms. The highest BCUT2D eigenvalue weighted by atomic mass is 16.1. The maximum Gasteiger partial charge on any atom is 0.220 e. The lowest BCUT2D eigenvalue weighted by molar-refractivity contribution is -0.122. The van der Waals surface area contributed by atoms with E-state index in [1.807, 2.05) is 0 Å². The molecule has 0 saturated carbocycles. The lowest BCUT2D eigenvalue weighted by atomic mass is 9.95. The van der Waals surface area contributed by atoms with Crippen LogP contribution in [-0.2, 0) is 11.3 Å². The van der Waals surface area contributed by atoms with Gasteiger partial charge in [0, 0.05) is 31.2 Å². The number of nitrogens with one attached hydrogen (secondary N) is 1. The van der Waals surface area contributed by atoms with Crippen LogP contribution < -0.4 is 16.0 Å². The first-order valence-electron chi connectivity index (χ1n) is 7.46. The van der Waals surface area contributed by atoms with Crippen LogP contribution in [0.2, 0.25) is 0 Å². The maximum absolute atomic E-state index is 11.2. The summed E-state index contributed by atoms with van der Waals surface area (Å²) < 4.78 is 0. The molecule has 1 fully saturated rings. The van der Waals surface area contributed by atoms with Crippen LogP contribution in [0.15, 0.2) is 18.2 Å². The lowest BCUT2D eigenvalue weighted by Gasteiger charge is -2.33. The highest BCUT2D eigenvalue weighted by Crippen LogP contribution is 2.26. The Hall–Kier alpha value is -1.55. The van der Waals surface area contributed by atoms with Crippen LogP contribution in [0.25, 0.3) is 0 Å². The van der Waals surface area contributed by atoms with Crippen molar-refractivity contribution in [3.63, 3.8) is 0 Å². The number of hydrogen-bond donors (Lipinski definition) is 2. The fourth-order valence-electron chi connectivity index (χ4n) is 2.86. The van der Waals surface area contributed by atoms with Crippen LogP contribution in [0.1, 0.15) is 30.9 Å². The van der Waals surface area contributed by atoms with Gasteiger partial charge in [-0.15, -0.1) is 0 Å². The molecule has 1 aliphatic rings. The molecule has 1 heterocycles. The largest absolute Gasteiger partial charge is 0.371 e. The highest BCUT2D eigenvalue weighted by Gasteiger charge is 2.23. The summed E-state index contributed by atoms with van der Waals surface area (Å²) in [6, 6.07) is 6.63. The second kappa shape index (κ2) is 6.75. The molecule has 110 valence electrons. The van der Waals surface area contributed by atoms with Crippen LogP contribution in [-0.4, -0.2) is 25.5 Å². The molecule has 0 aliphatic carbocycles. The van der Waals surface area contributed by atoms with E-state index < -0.39 is 0 Å². The number of carbonyl (C=O) groups excluding carboxylic acids is 1. The first kappa shape index (κ1) is 14.9. The zero-order valence-electron chi connectivity index (χ0n) is 12.5. The number of nitrogens with zero attached hydrogens (tertiary/aromatic N) is 1. The molecule has 2 rings (SSSR count). The quantitative estimate of drug-likeness (QED) is 0.861. The molecule has 1 saturated heterocycles. The third-order valence-electron chi connectivity index (χ3n) is 4.08. The molecule has 0 radical (unpaired) electrons. The third kappa shape index (κ3) is 3.51. The first-order valence-corrected chi connectivity index (χ1v) is 7.46. The molecule has 0 aromatic heterocycles. The summed E-state index contributed by atoms with van der Waals surface area (Å²) in [6.45, 7) is 8.01. The van der Waals surface area contributed by atoms with Crippen LogP contribution in [0, 0.1) is 12.8 Å². The topological polar surface area (TPSA) is 58.4 Å². The molecule has 1 aromatic rings. The van der Waals surface area contributed by atoms with Gasteiger partial charge in [-0.25, -0.2) is 0 Å². The Kier molecular flexibility index (Phi) is 5.01. The van der Waals surface area contributed by atoms with Gasteiger partial charge < -0.3 is 16.0 Å². The Morgan fingerprint density at radius 3 is 2.65 bits per heavy atom. The molecule has 1 aliphatic heterocycles. The molecule has 0 atom stereocenters. The van der Waals surface area contributed by atoms with E-state index in [0.29, 0.717) is 0 Å². The van der Waals surface area contributed by atoms with Crippen LogP contribution >= 0.6 is 0 Å². The highest BCUT2D eigenvalue weighted by molar-refractivity contribution is 5.77. The molecule has 4 heteroatoms. The molecule has 0 spiro atoms. The Bertz CT molecular complexity index is 465. The van der Waals surface area contributed by atoms with Crippen molar-refractivity contribution < 1.29 is 4.79 Å². The van der Waals surface area contributed by atoms with Crippen molar-refractivity contribution in [2.45, 2.75) is 33.2 Å². The minimum Gasteiger partial charge on any atom is -0.371 e. The Labute approximate surface area is 121 Å². The van der Waals surface area contributed by atoms with Gasteiger partial charge in [0.15, 0.2) is 0 Å². The van der Waals surface area contributed by atoms with Crippen molar-refractivity contribution in [1.29, 1.82) is 0 Å². The molecular weight excluding hydrogens is 250 g/mol. The van der Waals surface area contributed by atoms with Gasteiger partial charge in [-0.1, -0.05) is 19.1 Å². The summed E-state index contributed by atoms with van der Waals surface area (Å²) in [4.78, 5) is 13.6. The number of amides is 1. The molecule has 1 aromatic carbocycles. The normalized spacial score (nSPS) is 16.4. The maximum atomic E-state index is 11.2. The van der Waals surface area contributed by atoms with Crippen LogP contribution in [0.3, 0.4) is 0 Å². The summed E-state index contributed by atoms with van der Waals surface area (Å²) in [5.74, 6) is -0.0954. The monoisotopic (exact) mass is 275 g/mol. The lowest BCUT2D eigenvalue weighted by Crippen LogP contribution is -2.38. The number of primary amides is 1. The molecule has 20 heavy (non-hydrogen) atoms. The molecule has 0 unspecified atom stereocenters. The third-order valence-corrected chi connectivity index (χ3v) is 4.08. The zero-order valence-corrected chi connectivity index (χ0v) is 12.5. The van der Waals surface area contributed by atoms with Crippen molar-refractivity contribution in [3.05, 3.63) is 29.3 Å². The number of nitrogens with two attached hydrogens (primary N) is 1. The minimum absolute atomic E-state index is 0.0552. The fourth-order valence-corrected chi connectivity index (χ4v) is 2.86. The standard InChI is InChI=1S/C16H25N3O/c1-3-18-11-13-4-5-15(12(2)10-13)19-8-6-14(7-9-19)16(17)20/h4-5,10,14,18H,3,6-9,11H2,1-2H3,(H2,17,20). The minimum atomic E-state index is -0.151. The predicted molar refractivity (Wildman–Crippen MR) is 82.7 cm³/mol. The van der Waals surface area contributed by atoms with E-state index in [4.69, 9.17) is 5.73 Å². The van der Waals surface area contributed by atoms with E-state index in [-0.39, 0.29) is 11.8 Å². The van der Waals surface area contributed by atoms with Gasteiger partial charge in [0.1, 0.15) is 0 Å². The average Bonchev–Trinajstić information content (AvgIpc) is 2.45. The Morgan fingerprint density at radius 1 is 1.40 bits per heavy atom. The molecule has 4 nitrogen and oxygen atoms in total. The molecule has 1 amide bonds. The summed E-state index contributed by atoms with van der Waals surface area (Å²) in [5.41, 5.74) is 9.29. The predicted octanol–water partition coefficient (Wildman–Crippen LogP) is 1.81. The zero-order chi connectivity index (χ0) is 14.5. The van der Waals surface area contributed by atoms with Gasteiger partial charge in [-0.05, 0) is 43.5 Å². The Morgan fingerprint density at radius 2 is 2.10 bits per heavy atom. The number of aryl methyl sites for hydroxylation is 1. The summed E-state index contributed by atoms with van der Waals surface area (Å²) in [5, 5.41) is 3.34. The van der Waals surface area contributed by atoms with Gasteiger partial charge >= 0.3 is 0 Å². The summed E-state index contributed by atoms with van der Waals surface area (Å²) in [7, 11) is 0. The van der Waals surface area contributed by atoms with E-state index >= 15 is 0 Å². The molecular formula is C16H25N3O. The van der Waals surface area contributed by atoms with E-state index in [2.05, 4.69) is 42.3 Å². The smallest absolute Gasteiger partial charge is 0.220 e. The van der Waals surface area contributed by atoms with Crippen molar-refractivity contribution in [2.24, 2.45) is 11.7 Å². The Balaban J connectivity index is 2.01. The van der Waals surface area contributed by atoms with Crippen LogP contribution in [0.5, 0.6) is 0 Å². The fraction of sp³-hybridized carbons (Fsp3) is 0.562. The SMILES string of the molecule is CCNCc1ccc(N2CCC(C(N)=O)CC2)c(C)c1. The van der Waals surface area contributed by atoms with Crippen molar-refractivity contribution in [1.82, 2.24) is 5.32 Å². The number of benzene rings is 1. The second-order valence-electron chi connectivity index (χ2n) is 5.56. The van der Waals surface area contributed by atoms with E-state index in [1.165, 1.54) is 16.8 Å². The number of carbonyl (C=O) groups is 1. The summed E-state index contributed by atoms with van der Waals surface area (Å²) in [6.07, 6.45) is 1.74. The van der Waals surface area contributed by atoms with E-state index in [9.17, 15) is 4.79 Å². The van der Waals surface area contributed by atoms with Crippen molar-refractivity contribution in [2.75, 3.05) is 24.5 Å². The number of piperidine rings is 1. The summed E-state index contributed by atoms with van der Waals surface area (Å²) >= 11 is 0. The first-order chi connectivity index (χ1) is 9.61. The van der Waals surface area contributed by atoms with Gasteiger partial charge in [-0.2, -0.15) is 0 Å². The van der Waals surface area contributed by atoms with Gasteiger partial charge in [-0.3, -0.25) is 4.79 Å². The van der Waals surface area contributed by atoms with Gasteiger partial charge in [0.05, 0.1) is 0 Å². The van der Waals surface area contributed by atoms with Gasteiger partial charge in [0.2, 0.25) is 5.91 Å². The average molecular weight is 275 g/mol. The van der Waals surface area contributed by atoms with E-state index in [0.717, 1.165) is 39.0 Å². The number of rotatable bonds is 5. The van der Waals surface area contributed by atoms with Crippen LogP contribution in [0.4, 0.5) is 5.69 Å².